The SMILES string of the molecule is CC(C)COc1ccc(N2CCC(Oc3ccc(OC(F)(F)F)cc3)CC2)cc1. The molecule has 3 rings (SSSR count). The normalized spacial score (nSPS) is 15.4. The lowest BCUT2D eigenvalue weighted by molar-refractivity contribution is -0.274. The molecule has 2 aromatic rings. The lowest BCUT2D eigenvalue weighted by atomic mass is 10.1. The highest BCUT2D eigenvalue weighted by Gasteiger charge is 2.31. The van der Waals surface area contributed by atoms with Gasteiger partial charge in [-0.05, 0) is 54.4 Å². The highest BCUT2D eigenvalue weighted by molar-refractivity contribution is 5.49. The number of anilines is 1. The first-order valence-electron chi connectivity index (χ1n) is 9.79. The van der Waals surface area contributed by atoms with Gasteiger partial charge >= 0.3 is 6.36 Å². The molecule has 0 N–H and O–H groups in total. The first kappa shape index (κ1) is 21.1. The number of piperidine rings is 1. The van der Waals surface area contributed by atoms with Crippen LogP contribution < -0.4 is 19.1 Å². The van der Waals surface area contributed by atoms with Crippen molar-refractivity contribution in [3.8, 4) is 17.2 Å². The maximum atomic E-state index is 12.2. The molecule has 0 bridgehead atoms. The van der Waals surface area contributed by atoms with Crippen molar-refractivity contribution in [2.24, 2.45) is 5.92 Å². The zero-order valence-corrected chi connectivity index (χ0v) is 16.6. The molecule has 1 saturated heterocycles. The molecule has 1 aliphatic heterocycles. The maximum Gasteiger partial charge on any atom is 0.573 e. The largest absolute Gasteiger partial charge is 0.573 e. The summed E-state index contributed by atoms with van der Waals surface area (Å²) >= 11 is 0. The van der Waals surface area contributed by atoms with Crippen molar-refractivity contribution >= 4 is 5.69 Å². The van der Waals surface area contributed by atoms with Crippen LogP contribution in [0, 0.1) is 5.92 Å². The monoisotopic (exact) mass is 409 g/mol. The van der Waals surface area contributed by atoms with E-state index in [1.165, 1.54) is 24.3 Å². The van der Waals surface area contributed by atoms with Crippen molar-refractivity contribution in [2.75, 3.05) is 24.6 Å². The molecule has 29 heavy (non-hydrogen) atoms. The zero-order chi connectivity index (χ0) is 20.9. The molecule has 0 amide bonds. The summed E-state index contributed by atoms with van der Waals surface area (Å²) in [6, 6.07) is 13.6. The van der Waals surface area contributed by atoms with Crippen molar-refractivity contribution in [2.45, 2.75) is 39.2 Å². The van der Waals surface area contributed by atoms with Crippen LogP contribution in [0.15, 0.2) is 48.5 Å². The summed E-state index contributed by atoms with van der Waals surface area (Å²) in [5.74, 6) is 1.66. The minimum absolute atomic E-state index is 0.0364. The van der Waals surface area contributed by atoms with Crippen molar-refractivity contribution in [3.63, 3.8) is 0 Å². The molecule has 0 unspecified atom stereocenters. The van der Waals surface area contributed by atoms with Gasteiger partial charge < -0.3 is 19.1 Å². The smallest absolute Gasteiger partial charge is 0.493 e. The van der Waals surface area contributed by atoms with Crippen molar-refractivity contribution in [1.82, 2.24) is 0 Å². The van der Waals surface area contributed by atoms with E-state index in [0.717, 1.165) is 37.4 Å². The summed E-state index contributed by atoms with van der Waals surface area (Å²) < 4.78 is 52.2. The average Bonchev–Trinajstić information content (AvgIpc) is 2.68. The van der Waals surface area contributed by atoms with E-state index in [1.807, 2.05) is 12.1 Å². The van der Waals surface area contributed by atoms with Gasteiger partial charge in [0.05, 0.1) is 6.61 Å². The van der Waals surface area contributed by atoms with E-state index in [2.05, 4.69) is 35.6 Å². The summed E-state index contributed by atoms with van der Waals surface area (Å²) in [5, 5.41) is 0. The third kappa shape index (κ3) is 6.76. The summed E-state index contributed by atoms with van der Waals surface area (Å²) in [6.07, 6.45) is -2.97. The molecule has 0 saturated carbocycles. The van der Waals surface area contributed by atoms with Crippen LogP contribution in [0.3, 0.4) is 0 Å². The van der Waals surface area contributed by atoms with Gasteiger partial charge in [0.25, 0.3) is 0 Å². The molecular weight excluding hydrogens is 383 g/mol. The fourth-order valence-corrected chi connectivity index (χ4v) is 3.16. The van der Waals surface area contributed by atoms with E-state index in [1.54, 1.807) is 0 Å². The van der Waals surface area contributed by atoms with Gasteiger partial charge in [0.15, 0.2) is 0 Å². The standard InChI is InChI=1S/C22H26F3NO3/c1-16(2)15-27-18-5-3-17(4-6-18)26-13-11-20(12-14-26)28-19-7-9-21(10-8-19)29-22(23,24)25/h3-10,16,20H,11-15H2,1-2H3. The topological polar surface area (TPSA) is 30.9 Å². The molecule has 0 aromatic heterocycles. The minimum Gasteiger partial charge on any atom is -0.493 e. The molecule has 0 aliphatic carbocycles. The first-order chi connectivity index (χ1) is 13.8. The van der Waals surface area contributed by atoms with Crippen LogP contribution in [-0.4, -0.2) is 32.2 Å². The van der Waals surface area contributed by atoms with Crippen molar-refractivity contribution in [1.29, 1.82) is 0 Å². The molecule has 4 nitrogen and oxygen atoms in total. The molecule has 1 aliphatic rings. The lowest BCUT2D eigenvalue weighted by Gasteiger charge is -2.33. The number of nitrogens with zero attached hydrogens (tertiary/aromatic N) is 1. The zero-order valence-electron chi connectivity index (χ0n) is 16.6. The summed E-state index contributed by atoms with van der Waals surface area (Å²) in [4.78, 5) is 2.30. The van der Waals surface area contributed by atoms with Crippen molar-refractivity contribution < 1.29 is 27.4 Å². The van der Waals surface area contributed by atoms with Gasteiger partial charge in [0.1, 0.15) is 23.4 Å². The van der Waals surface area contributed by atoms with Gasteiger partial charge in [-0.2, -0.15) is 0 Å². The van der Waals surface area contributed by atoms with Crippen LogP contribution in [0.5, 0.6) is 17.2 Å². The molecule has 0 radical (unpaired) electrons. The third-order valence-electron chi connectivity index (χ3n) is 4.59. The second kappa shape index (κ2) is 9.29. The lowest BCUT2D eigenvalue weighted by Crippen LogP contribution is -2.38. The van der Waals surface area contributed by atoms with Crippen molar-refractivity contribution in [3.05, 3.63) is 48.5 Å². The number of rotatable bonds is 7. The Labute approximate surface area is 169 Å². The Morgan fingerprint density at radius 2 is 1.45 bits per heavy atom. The average molecular weight is 409 g/mol. The third-order valence-corrected chi connectivity index (χ3v) is 4.59. The van der Waals surface area contributed by atoms with E-state index in [0.29, 0.717) is 18.3 Å². The van der Waals surface area contributed by atoms with E-state index in [4.69, 9.17) is 9.47 Å². The molecular formula is C22H26F3NO3. The second-order valence-corrected chi connectivity index (χ2v) is 7.52. The molecule has 7 heteroatoms. The molecule has 1 fully saturated rings. The van der Waals surface area contributed by atoms with Gasteiger partial charge in [-0.15, -0.1) is 13.2 Å². The number of halogens is 3. The number of alkyl halides is 3. The van der Waals surface area contributed by atoms with Gasteiger partial charge in [0, 0.05) is 31.6 Å². The van der Waals surface area contributed by atoms with E-state index < -0.39 is 6.36 Å². The summed E-state index contributed by atoms with van der Waals surface area (Å²) in [6.45, 7) is 6.64. The Hall–Kier alpha value is -2.57. The highest BCUT2D eigenvalue weighted by atomic mass is 19.4. The van der Waals surface area contributed by atoms with Crippen LogP contribution >= 0.6 is 0 Å². The fourth-order valence-electron chi connectivity index (χ4n) is 3.16. The Balaban J connectivity index is 1.46. The molecule has 0 atom stereocenters. The predicted molar refractivity (Wildman–Crippen MR) is 106 cm³/mol. The van der Waals surface area contributed by atoms with Crippen LogP contribution in [-0.2, 0) is 0 Å². The maximum absolute atomic E-state index is 12.2. The highest BCUT2D eigenvalue weighted by Crippen LogP contribution is 2.28. The molecule has 1 heterocycles. The number of hydrogen-bond donors (Lipinski definition) is 0. The van der Waals surface area contributed by atoms with E-state index >= 15 is 0 Å². The Bertz CT molecular complexity index is 752. The second-order valence-electron chi connectivity index (χ2n) is 7.52. The Kier molecular flexibility index (Phi) is 6.77. The number of benzene rings is 2. The predicted octanol–water partition coefficient (Wildman–Crippen LogP) is 5.67. The van der Waals surface area contributed by atoms with Gasteiger partial charge in [-0.1, -0.05) is 13.8 Å². The summed E-state index contributed by atoms with van der Waals surface area (Å²) in [7, 11) is 0. The minimum atomic E-state index is -4.69. The van der Waals surface area contributed by atoms with Crippen LogP contribution in [0.1, 0.15) is 26.7 Å². The van der Waals surface area contributed by atoms with Gasteiger partial charge in [-0.25, -0.2) is 0 Å². The van der Waals surface area contributed by atoms with Crippen LogP contribution in [0.4, 0.5) is 18.9 Å². The number of ether oxygens (including phenoxy) is 3. The van der Waals surface area contributed by atoms with E-state index in [9.17, 15) is 13.2 Å². The van der Waals surface area contributed by atoms with E-state index in [-0.39, 0.29) is 11.9 Å². The van der Waals surface area contributed by atoms with Gasteiger partial charge in [0.2, 0.25) is 0 Å². The first-order valence-corrected chi connectivity index (χ1v) is 9.79. The fraction of sp³-hybridized carbons (Fsp3) is 0.455. The molecule has 0 spiro atoms. The molecule has 2 aromatic carbocycles. The quantitative estimate of drug-likeness (QED) is 0.590. The Morgan fingerprint density at radius 1 is 0.897 bits per heavy atom. The number of hydrogen-bond acceptors (Lipinski definition) is 4. The van der Waals surface area contributed by atoms with Gasteiger partial charge in [-0.3, -0.25) is 0 Å². The summed E-state index contributed by atoms with van der Waals surface area (Å²) in [5.41, 5.74) is 1.15. The molecule has 158 valence electrons. The Morgan fingerprint density at radius 3 is 2.00 bits per heavy atom. The van der Waals surface area contributed by atoms with Crippen LogP contribution in [0.2, 0.25) is 0 Å². The van der Waals surface area contributed by atoms with Crippen LogP contribution in [0.25, 0.3) is 0 Å².